The SMILES string of the molecule is O=C1C(=O)N(Cc2ccccc2)C/C1=C\c1cccc(Br)c1. The fourth-order valence-electron chi connectivity index (χ4n) is 2.47. The third-order valence-electron chi connectivity index (χ3n) is 3.54. The van der Waals surface area contributed by atoms with Gasteiger partial charge in [-0.15, -0.1) is 0 Å². The van der Waals surface area contributed by atoms with Gasteiger partial charge in [0, 0.05) is 16.6 Å². The van der Waals surface area contributed by atoms with Crippen molar-refractivity contribution in [3.05, 3.63) is 75.8 Å². The van der Waals surface area contributed by atoms with Crippen LogP contribution in [0.5, 0.6) is 0 Å². The fourth-order valence-corrected chi connectivity index (χ4v) is 2.89. The number of rotatable bonds is 3. The van der Waals surface area contributed by atoms with Crippen molar-refractivity contribution >= 4 is 33.7 Å². The first-order valence-corrected chi connectivity index (χ1v) is 7.76. The summed E-state index contributed by atoms with van der Waals surface area (Å²) >= 11 is 3.40. The average molecular weight is 356 g/mol. The Morgan fingerprint density at radius 2 is 1.82 bits per heavy atom. The quantitative estimate of drug-likeness (QED) is 0.624. The lowest BCUT2D eigenvalue weighted by atomic mass is 10.1. The Kier molecular flexibility index (Phi) is 4.20. The minimum atomic E-state index is -0.426. The molecule has 0 spiro atoms. The number of carbonyl (C=O) groups excluding carboxylic acids is 2. The van der Waals surface area contributed by atoms with Crippen molar-refractivity contribution in [3.63, 3.8) is 0 Å². The van der Waals surface area contributed by atoms with Crippen LogP contribution in [-0.2, 0) is 16.1 Å². The number of hydrogen-bond donors (Lipinski definition) is 0. The van der Waals surface area contributed by atoms with Crippen LogP contribution in [0, 0.1) is 0 Å². The Labute approximate surface area is 137 Å². The summed E-state index contributed by atoms with van der Waals surface area (Å²) in [6, 6.07) is 17.3. The molecule has 0 saturated carbocycles. The van der Waals surface area contributed by atoms with Crippen LogP contribution in [0.4, 0.5) is 0 Å². The summed E-state index contributed by atoms with van der Waals surface area (Å²) < 4.78 is 0.944. The van der Waals surface area contributed by atoms with Crippen molar-refractivity contribution in [1.29, 1.82) is 0 Å². The van der Waals surface area contributed by atoms with Crippen molar-refractivity contribution < 1.29 is 9.59 Å². The van der Waals surface area contributed by atoms with Gasteiger partial charge in [-0.3, -0.25) is 9.59 Å². The number of nitrogens with zero attached hydrogens (tertiary/aromatic N) is 1. The molecule has 0 bridgehead atoms. The van der Waals surface area contributed by atoms with Crippen molar-refractivity contribution in [1.82, 2.24) is 4.90 Å². The molecule has 0 aromatic heterocycles. The summed E-state index contributed by atoms with van der Waals surface area (Å²) in [5, 5.41) is 0. The Bertz CT molecular complexity index is 753. The van der Waals surface area contributed by atoms with Crippen LogP contribution in [0.3, 0.4) is 0 Å². The Balaban J connectivity index is 1.81. The number of halogens is 1. The highest BCUT2D eigenvalue weighted by atomic mass is 79.9. The van der Waals surface area contributed by atoms with Gasteiger partial charge in [0.2, 0.25) is 5.78 Å². The van der Waals surface area contributed by atoms with Crippen LogP contribution in [0.1, 0.15) is 11.1 Å². The monoisotopic (exact) mass is 355 g/mol. The first kappa shape index (κ1) is 14.7. The number of amides is 1. The van der Waals surface area contributed by atoms with E-state index >= 15 is 0 Å². The van der Waals surface area contributed by atoms with E-state index in [1.807, 2.05) is 54.6 Å². The van der Waals surface area contributed by atoms with Crippen molar-refractivity contribution in [2.24, 2.45) is 0 Å². The van der Waals surface area contributed by atoms with Gasteiger partial charge in [-0.1, -0.05) is 58.4 Å². The normalized spacial score (nSPS) is 16.6. The van der Waals surface area contributed by atoms with E-state index in [0.29, 0.717) is 18.7 Å². The van der Waals surface area contributed by atoms with Crippen molar-refractivity contribution in [2.75, 3.05) is 6.54 Å². The highest BCUT2D eigenvalue weighted by Crippen LogP contribution is 2.21. The molecule has 2 aromatic carbocycles. The molecule has 0 unspecified atom stereocenters. The molecule has 4 heteroatoms. The van der Waals surface area contributed by atoms with Gasteiger partial charge in [-0.05, 0) is 29.3 Å². The van der Waals surface area contributed by atoms with Crippen LogP contribution in [0.25, 0.3) is 6.08 Å². The summed E-state index contributed by atoms with van der Waals surface area (Å²) in [4.78, 5) is 25.8. The molecule has 0 aliphatic carbocycles. The maximum Gasteiger partial charge on any atom is 0.295 e. The van der Waals surface area contributed by atoms with Gasteiger partial charge >= 0.3 is 0 Å². The third-order valence-corrected chi connectivity index (χ3v) is 4.03. The maximum absolute atomic E-state index is 12.1. The largest absolute Gasteiger partial charge is 0.327 e. The van der Waals surface area contributed by atoms with E-state index < -0.39 is 11.7 Å². The zero-order valence-corrected chi connectivity index (χ0v) is 13.4. The van der Waals surface area contributed by atoms with E-state index in [1.165, 1.54) is 0 Å². The van der Waals surface area contributed by atoms with Crippen LogP contribution in [-0.4, -0.2) is 23.1 Å². The number of benzene rings is 2. The van der Waals surface area contributed by atoms with Gasteiger partial charge < -0.3 is 4.90 Å². The molecule has 1 heterocycles. The summed E-state index contributed by atoms with van der Waals surface area (Å²) in [6.07, 6.45) is 1.79. The predicted octanol–water partition coefficient (Wildman–Crippen LogP) is 3.44. The van der Waals surface area contributed by atoms with Crippen LogP contribution >= 0.6 is 15.9 Å². The van der Waals surface area contributed by atoms with Gasteiger partial charge in [0.25, 0.3) is 5.91 Å². The molecule has 2 aromatic rings. The van der Waals surface area contributed by atoms with Gasteiger partial charge in [-0.25, -0.2) is 0 Å². The first-order valence-electron chi connectivity index (χ1n) is 6.97. The predicted molar refractivity (Wildman–Crippen MR) is 89.0 cm³/mol. The maximum atomic E-state index is 12.1. The molecular formula is C18H14BrNO2. The fraction of sp³-hybridized carbons (Fsp3) is 0.111. The Hall–Kier alpha value is -2.20. The van der Waals surface area contributed by atoms with Crippen LogP contribution < -0.4 is 0 Å². The standard InChI is InChI=1S/C18H14BrNO2/c19-16-8-4-7-14(10-16)9-15-12-20(18(22)17(15)21)11-13-5-2-1-3-6-13/h1-10H,11-12H2/b15-9+. The number of Topliss-reactive ketones (excluding diaryl/α,β-unsaturated/α-hetero) is 1. The first-order chi connectivity index (χ1) is 10.6. The number of ketones is 1. The molecule has 3 rings (SSSR count). The summed E-state index contributed by atoms with van der Waals surface area (Å²) in [5.74, 6) is -0.832. The third kappa shape index (κ3) is 3.17. The number of hydrogen-bond acceptors (Lipinski definition) is 2. The molecule has 3 nitrogen and oxygen atoms in total. The summed E-state index contributed by atoms with van der Waals surface area (Å²) in [6.45, 7) is 0.820. The zero-order chi connectivity index (χ0) is 15.5. The highest BCUT2D eigenvalue weighted by molar-refractivity contribution is 9.10. The van der Waals surface area contributed by atoms with Gasteiger partial charge in [0.05, 0.1) is 6.54 Å². The van der Waals surface area contributed by atoms with Crippen molar-refractivity contribution in [3.8, 4) is 0 Å². The molecule has 22 heavy (non-hydrogen) atoms. The van der Waals surface area contributed by atoms with Crippen molar-refractivity contribution in [2.45, 2.75) is 6.54 Å². The molecule has 1 aliphatic heterocycles. The van der Waals surface area contributed by atoms with E-state index in [-0.39, 0.29) is 0 Å². The second kappa shape index (κ2) is 6.28. The topological polar surface area (TPSA) is 37.4 Å². The van der Waals surface area contributed by atoms with Crippen LogP contribution in [0.15, 0.2) is 64.6 Å². The number of likely N-dealkylation sites (tertiary alicyclic amines) is 1. The lowest BCUT2D eigenvalue weighted by Gasteiger charge is -2.13. The molecule has 110 valence electrons. The molecule has 1 aliphatic rings. The number of carbonyl (C=O) groups is 2. The summed E-state index contributed by atoms with van der Waals surface area (Å²) in [7, 11) is 0. The second-order valence-electron chi connectivity index (χ2n) is 5.20. The van der Waals surface area contributed by atoms with E-state index in [0.717, 1.165) is 15.6 Å². The van der Waals surface area contributed by atoms with Crippen LogP contribution in [0.2, 0.25) is 0 Å². The van der Waals surface area contributed by atoms with E-state index in [2.05, 4.69) is 15.9 Å². The lowest BCUT2D eigenvalue weighted by Crippen LogP contribution is -2.26. The Morgan fingerprint density at radius 3 is 2.55 bits per heavy atom. The zero-order valence-electron chi connectivity index (χ0n) is 11.8. The van der Waals surface area contributed by atoms with E-state index in [4.69, 9.17) is 0 Å². The van der Waals surface area contributed by atoms with Gasteiger partial charge in [0.15, 0.2) is 0 Å². The molecule has 0 N–H and O–H groups in total. The average Bonchev–Trinajstić information content (AvgIpc) is 2.77. The Morgan fingerprint density at radius 1 is 1.05 bits per heavy atom. The smallest absolute Gasteiger partial charge is 0.295 e. The molecule has 1 saturated heterocycles. The minimum absolute atomic E-state index is 0.360. The van der Waals surface area contributed by atoms with E-state index in [1.54, 1.807) is 11.0 Å². The molecule has 0 atom stereocenters. The van der Waals surface area contributed by atoms with Gasteiger partial charge in [0.1, 0.15) is 0 Å². The molecule has 1 amide bonds. The minimum Gasteiger partial charge on any atom is -0.327 e. The highest BCUT2D eigenvalue weighted by Gasteiger charge is 2.33. The summed E-state index contributed by atoms with van der Waals surface area (Å²) in [5.41, 5.74) is 2.47. The molecular weight excluding hydrogens is 342 g/mol. The molecule has 1 fully saturated rings. The van der Waals surface area contributed by atoms with Gasteiger partial charge in [-0.2, -0.15) is 0 Å². The lowest BCUT2D eigenvalue weighted by molar-refractivity contribution is -0.139. The van der Waals surface area contributed by atoms with E-state index in [9.17, 15) is 9.59 Å². The molecule has 0 radical (unpaired) electrons. The second-order valence-corrected chi connectivity index (χ2v) is 6.12.